The summed E-state index contributed by atoms with van der Waals surface area (Å²) in [7, 11) is 1.65. The summed E-state index contributed by atoms with van der Waals surface area (Å²) in [5.74, 6) is 1.51. The SMILES string of the molecule is CCCc1c(NCC)ncnc1OCCOCCOC. The Morgan fingerprint density at radius 2 is 1.90 bits per heavy atom. The van der Waals surface area contributed by atoms with Crippen LogP contribution in [0.4, 0.5) is 5.82 Å². The van der Waals surface area contributed by atoms with Crippen LogP contribution in [-0.2, 0) is 15.9 Å². The fourth-order valence-electron chi connectivity index (χ4n) is 1.76. The lowest BCUT2D eigenvalue weighted by Gasteiger charge is -2.13. The van der Waals surface area contributed by atoms with Gasteiger partial charge in [-0.15, -0.1) is 0 Å². The van der Waals surface area contributed by atoms with Crippen molar-refractivity contribution in [1.82, 2.24) is 9.97 Å². The fourth-order valence-corrected chi connectivity index (χ4v) is 1.76. The maximum absolute atomic E-state index is 5.70. The average molecular weight is 283 g/mol. The van der Waals surface area contributed by atoms with Crippen LogP contribution in [0.15, 0.2) is 6.33 Å². The van der Waals surface area contributed by atoms with Crippen molar-refractivity contribution in [3.8, 4) is 5.88 Å². The van der Waals surface area contributed by atoms with Crippen LogP contribution in [-0.4, -0.2) is 50.1 Å². The minimum Gasteiger partial charge on any atom is -0.475 e. The van der Waals surface area contributed by atoms with Crippen molar-refractivity contribution in [3.63, 3.8) is 0 Å². The summed E-state index contributed by atoms with van der Waals surface area (Å²) >= 11 is 0. The van der Waals surface area contributed by atoms with Crippen LogP contribution in [0.2, 0.25) is 0 Å². The zero-order valence-electron chi connectivity index (χ0n) is 12.6. The minimum atomic E-state index is 0.475. The summed E-state index contributed by atoms with van der Waals surface area (Å²) in [5, 5.41) is 3.24. The Morgan fingerprint density at radius 1 is 1.10 bits per heavy atom. The summed E-state index contributed by atoms with van der Waals surface area (Å²) in [5.41, 5.74) is 1.04. The Bertz CT molecular complexity index is 375. The van der Waals surface area contributed by atoms with Gasteiger partial charge in [0.1, 0.15) is 18.8 Å². The number of nitrogens with zero attached hydrogens (tertiary/aromatic N) is 2. The molecule has 6 nitrogen and oxygen atoms in total. The van der Waals surface area contributed by atoms with E-state index >= 15 is 0 Å². The Kier molecular flexibility index (Phi) is 8.66. The molecule has 0 aliphatic carbocycles. The van der Waals surface area contributed by atoms with E-state index in [2.05, 4.69) is 22.2 Å². The van der Waals surface area contributed by atoms with Crippen LogP contribution in [0, 0.1) is 0 Å². The topological polar surface area (TPSA) is 65.5 Å². The fraction of sp³-hybridized carbons (Fsp3) is 0.714. The Labute approximate surface area is 120 Å². The van der Waals surface area contributed by atoms with Gasteiger partial charge in [0, 0.05) is 13.7 Å². The van der Waals surface area contributed by atoms with Crippen LogP contribution >= 0.6 is 0 Å². The molecule has 1 heterocycles. The van der Waals surface area contributed by atoms with Crippen molar-refractivity contribution < 1.29 is 14.2 Å². The van der Waals surface area contributed by atoms with Crippen LogP contribution < -0.4 is 10.1 Å². The second kappa shape index (κ2) is 10.4. The van der Waals surface area contributed by atoms with Crippen LogP contribution in [0.5, 0.6) is 5.88 Å². The molecule has 114 valence electrons. The third-order valence-electron chi connectivity index (χ3n) is 2.65. The first-order valence-electron chi connectivity index (χ1n) is 7.10. The standard InChI is InChI=1S/C14H25N3O3/c1-4-6-12-13(15-5-2)16-11-17-14(12)20-10-9-19-8-7-18-3/h11H,4-10H2,1-3H3,(H,15,16,17). The molecule has 1 aromatic rings. The van der Waals surface area contributed by atoms with E-state index < -0.39 is 0 Å². The molecule has 0 amide bonds. The van der Waals surface area contributed by atoms with E-state index in [0.717, 1.165) is 30.8 Å². The molecule has 0 spiro atoms. The molecular weight excluding hydrogens is 258 g/mol. The molecule has 0 radical (unpaired) electrons. The number of aromatic nitrogens is 2. The van der Waals surface area contributed by atoms with Crippen molar-refractivity contribution in [3.05, 3.63) is 11.9 Å². The number of anilines is 1. The molecule has 1 N–H and O–H groups in total. The number of rotatable bonds is 11. The van der Waals surface area contributed by atoms with Crippen LogP contribution in [0.25, 0.3) is 0 Å². The first kappa shape index (κ1) is 16.7. The highest BCUT2D eigenvalue weighted by Crippen LogP contribution is 2.23. The lowest BCUT2D eigenvalue weighted by atomic mass is 10.1. The maximum atomic E-state index is 5.70. The number of nitrogens with one attached hydrogen (secondary N) is 1. The highest BCUT2D eigenvalue weighted by atomic mass is 16.5. The molecule has 0 aliphatic rings. The van der Waals surface area contributed by atoms with Gasteiger partial charge in [-0.05, 0) is 13.3 Å². The molecule has 20 heavy (non-hydrogen) atoms. The van der Waals surface area contributed by atoms with E-state index in [-0.39, 0.29) is 0 Å². The van der Waals surface area contributed by atoms with Crippen molar-refractivity contribution >= 4 is 5.82 Å². The molecule has 1 aromatic heterocycles. The number of methoxy groups -OCH3 is 1. The quantitative estimate of drug-likeness (QED) is 0.626. The Morgan fingerprint density at radius 3 is 2.60 bits per heavy atom. The molecule has 0 fully saturated rings. The van der Waals surface area contributed by atoms with Gasteiger partial charge in [-0.2, -0.15) is 0 Å². The lowest BCUT2D eigenvalue weighted by Crippen LogP contribution is -2.13. The zero-order chi connectivity index (χ0) is 14.6. The average Bonchev–Trinajstić information content (AvgIpc) is 2.46. The smallest absolute Gasteiger partial charge is 0.221 e. The van der Waals surface area contributed by atoms with Crippen molar-refractivity contribution in [2.24, 2.45) is 0 Å². The highest BCUT2D eigenvalue weighted by Gasteiger charge is 2.11. The van der Waals surface area contributed by atoms with E-state index in [4.69, 9.17) is 14.2 Å². The van der Waals surface area contributed by atoms with Gasteiger partial charge >= 0.3 is 0 Å². The van der Waals surface area contributed by atoms with E-state index in [1.54, 1.807) is 7.11 Å². The first-order valence-corrected chi connectivity index (χ1v) is 7.10. The van der Waals surface area contributed by atoms with Crippen LogP contribution in [0.1, 0.15) is 25.8 Å². The Hall–Kier alpha value is -1.40. The minimum absolute atomic E-state index is 0.475. The molecule has 6 heteroatoms. The van der Waals surface area contributed by atoms with Gasteiger partial charge in [0.2, 0.25) is 5.88 Å². The van der Waals surface area contributed by atoms with Gasteiger partial charge in [0.25, 0.3) is 0 Å². The van der Waals surface area contributed by atoms with Gasteiger partial charge in [-0.1, -0.05) is 13.3 Å². The summed E-state index contributed by atoms with van der Waals surface area (Å²) in [4.78, 5) is 8.49. The monoisotopic (exact) mass is 283 g/mol. The van der Waals surface area contributed by atoms with E-state index in [1.807, 2.05) is 6.92 Å². The third-order valence-corrected chi connectivity index (χ3v) is 2.65. The van der Waals surface area contributed by atoms with Crippen molar-refractivity contribution in [2.45, 2.75) is 26.7 Å². The molecule has 0 saturated carbocycles. The molecular formula is C14H25N3O3. The van der Waals surface area contributed by atoms with Gasteiger partial charge in [-0.25, -0.2) is 9.97 Å². The second-order valence-corrected chi connectivity index (χ2v) is 4.24. The maximum Gasteiger partial charge on any atom is 0.221 e. The predicted molar refractivity (Wildman–Crippen MR) is 78.4 cm³/mol. The predicted octanol–water partition coefficient (Wildman–Crippen LogP) is 1.90. The number of ether oxygens (including phenoxy) is 3. The van der Waals surface area contributed by atoms with Crippen LogP contribution in [0.3, 0.4) is 0 Å². The van der Waals surface area contributed by atoms with E-state index in [1.165, 1.54) is 6.33 Å². The molecule has 1 rings (SSSR count). The summed E-state index contributed by atoms with van der Waals surface area (Å²) < 4.78 is 16.0. The second-order valence-electron chi connectivity index (χ2n) is 4.24. The molecule has 0 bridgehead atoms. The van der Waals surface area contributed by atoms with Gasteiger partial charge in [0.15, 0.2) is 0 Å². The van der Waals surface area contributed by atoms with Crippen molar-refractivity contribution in [2.75, 3.05) is 45.4 Å². The molecule has 0 aromatic carbocycles. The van der Waals surface area contributed by atoms with E-state index in [0.29, 0.717) is 32.3 Å². The van der Waals surface area contributed by atoms with E-state index in [9.17, 15) is 0 Å². The molecule has 0 unspecified atom stereocenters. The zero-order valence-corrected chi connectivity index (χ0v) is 12.6. The van der Waals surface area contributed by atoms with Gasteiger partial charge in [0.05, 0.1) is 25.4 Å². The van der Waals surface area contributed by atoms with Gasteiger partial charge in [-0.3, -0.25) is 0 Å². The molecule has 0 atom stereocenters. The summed E-state index contributed by atoms with van der Waals surface area (Å²) in [6.07, 6.45) is 3.44. The first-order chi connectivity index (χ1) is 9.83. The molecule has 0 saturated heterocycles. The third kappa shape index (κ3) is 5.71. The number of hydrogen-bond acceptors (Lipinski definition) is 6. The van der Waals surface area contributed by atoms with Gasteiger partial charge < -0.3 is 19.5 Å². The normalized spacial score (nSPS) is 10.6. The Balaban J connectivity index is 2.52. The lowest BCUT2D eigenvalue weighted by molar-refractivity contribution is 0.0535. The number of hydrogen-bond donors (Lipinski definition) is 1. The van der Waals surface area contributed by atoms with Crippen molar-refractivity contribution in [1.29, 1.82) is 0 Å². The molecule has 0 aliphatic heterocycles. The summed E-state index contributed by atoms with van der Waals surface area (Å²) in [6, 6.07) is 0. The highest BCUT2D eigenvalue weighted by molar-refractivity contribution is 5.48. The largest absolute Gasteiger partial charge is 0.475 e. The summed E-state index contributed by atoms with van der Waals surface area (Å²) in [6.45, 7) is 7.17.